The number of benzene rings is 2. The smallest absolute Gasteiger partial charge is 0.242 e. The van der Waals surface area contributed by atoms with Crippen LogP contribution >= 0.6 is 11.8 Å². The molecule has 164 valence electrons. The summed E-state index contributed by atoms with van der Waals surface area (Å²) in [6, 6.07) is 12.6. The van der Waals surface area contributed by atoms with E-state index in [0.717, 1.165) is 25.2 Å². The molecule has 2 heterocycles. The Morgan fingerprint density at radius 2 is 1.97 bits per heavy atom. The van der Waals surface area contributed by atoms with Crippen LogP contribution in [0.2, 0.25) is 0 Å². The number of sulfonamides is 1. The van der Waals surface area contributed by atoms with E-state index in [2.05, 4.69) is 10.2 Å². The Bertz CT molecular complexity index is 1160. The van der Waals surface area contributed by atoms with Gasteiger partial charge in [-0.25, -0.2) is 17.1 Å². The molecule has 0 N–H and O–H groups in total. The third kappa shape index (κ3) is 4.67. The van der Waals surface area contributed by atoms with Gasteiger partial charge in [-0.1, -0.05) is 23.9 Å². The lowest BCUT2D eigenvalue weighted by Crippen LogP contribution is -2.22. The number of hydrogen-bond donors (Lipinski definition) is 0. The summed E-state index contributed by atoms with van der Waals surface area (Å²) in [7, 11) is -0.623. The summed E-state index contributed by atoms with van der Waals surface area (Å²) >= 11 is 1.52. The van der Waals surface area contributed by atoms with Gasteiger partial charge in [0, 0.05) is 37.7 Å². The summed E-state index contributed by atoms with van der Waals surface area (Å²) in [5, 5.41) is 9.33. The Morgan fingerprint density at radius 1 is 1.19 bits per heavy atom. The van der Waals surface area contributed by atoms with Gasteiger partial charge < -0.3 is 4.74 Å². The Kier molecular flexibility index (Phi) is 6.42. The highest BCUT2D eigenvalue weighted by atomic mass is 32.2. The number of ether oxygens (including phenoxy) is 1. The predicted molar refractivity (Wildman–Crippen MR) is 117 cm³/mol. The van der Waals surface area contributed by atoms with Crippen molar-refractivity contribution in [2.75, 3.05) is 26.5 Å². The van der Waals surface area contributed by atoms with Crippen LogP contribution in [0.15, 0.2) is 58.6 Å². The highest BCUT2D eigenvalue weighted by molar-refractivity contribution is 7.99. The van der Waals surface area contributed by atoms with Crippen molar-refractivity contribution in [3.8, 4) is 17.1 Å². The SMILES string of the molecule is CN(C)S(=O)(=O)c1cccc(-c2nnc(SC[C@H]3CCCO3)n2-c2ccc(F)cc2)c1. The van der Waals surface area contributed by atoms with Gasteiger partial charge in [-0.15, -0.1) is 10.2 Å². The summed E-state index contributed by atoms with van der Waals surface area (Å²) in [4.78, 5) is 0.164. The largest absolute Gasteiger partial charge is 0.377 e. The summed E-state index contributed by atoms with van der Waals surface area (Å²) in [6.45, 7) is 0.772. The number of nitrogens with zero attached hydrogens (tertiary/aromatic N) is 4. The van der Waals surface area contributed by atoms with Gasteiger partial charge in [0.1, 0.15) is 5.82 Å². The molecular weight excluding hydrogens is 439 g/mol. The van der Waals surface area contributed by atoms with Gasteiger partial charge in [0.15, 0.2) is 11.0 Å². The molecule has 3 aromatic rings. The molecule has 0 radical (unpaired) electrons. The predicted octanol–water partition coefficient (Wildman–Crippen LogP) is 3.59. The molecule has 4 rings (SSSR count). The maximum atomic E-state index is 13.5. The first-order valence-corrected chi connectivity index (χ1v) is 12.3. The van der Waals surface area contributed by atoms with Crippen LogP contribution in [-0.2, 0) is 14.8 Å². The van der Waals surface area contributed by atoms with Gasteiger partial charge in [-0.05, 0) is 49.2 Å². The van der Waals surface area contributed by atoms with Crippen molar-refractivity contribution in [2.24, 2.45) is 0 Å². The first-order valence-electron chi connectivity index (χ1n) is 9.85. The molecule has 1 aromatic heterocycles. The second-order valence-electron chi connectivity index (χ2n) is 7.38. The minimum absolute atomic E-state index is 0.164. The molecule has 10 heteroatoms. The van der Waals surface area contributed by atoms with Crippen LogP contribution in [0.5, 0.6) is 0 Å². The third-order valence-electron chi connectivity index (χ3n) is 5.01. The zero-order chi connectivity index (χ0) is 22.0. The molecular formula is C21H23FN4O3S2. The normalized spacial score (nSPS) is 16.8. The van der Waals surface area contributed by atoms with E-state index in [1.165, 1.54) is 42.3 Å². The van der Waals surface area contributed by atoms with E-state index in [0.29, 0.717) is 22.2 Å². The van der Waals surface area contributed by atoms with Gasteiger partial charge in [0.05, 0.1) is 11.0 Å². The highest BCUT2D eigenvalue weighted by Crippen LogP contribution is 2.31. The maximum absolute atomic E-state index is 13.5. The van der Waals surface area contributed by atoms with Crippen molar-refractivity contribution < 1.29 is 17.5 Å². The Morgan fingerprint density at radius 3 is 2.65 bits per heavy atom. The lowest BCUT2D eigenvalue weighted by molar-refractivity contribution is 0.129. The van der Waals surface area contributed by atoms with Crippen LogP contribution in [0, 0.1) is 5.82 Å². The van der Waals surface area contributed by atoms with Crippen LogP contribution in [-0.4, -0.2) is 60.0 Å². The minimum Gasteiger partial charge on any atom is -0.377 e. The molecule has 2 aromatic carbocycles. The van der Waals surface area contributed by atoms with E-state index in [-0.39, 0.29) is 16.8 Å². The van der Waals surface area contributed by atoms with Gasteiger partial charge in [0.2, 0.25) is 10.0 Å². The summed E-state index contributed by atoms with van der Waals surface area (Å²) in [5.74, 6) is 0.872. The monoisotopic (exact) mass is 462 g/mol. The Labute approximate surface area is 185 Å². The molecule has 1 saturated heterocycles. The van der Waals surface area contributed by atoms with Crippen LogP contribution < -0.4 is 0 Å². The van der Waals surface area contributed by atoms with Crippen LogP contribution in [0.4, 0.5) is 4.39 Å². The fraction of sp³-hybridized carbons (Fsp3) is 0.333. The lowest BCUT2D eigenvalue weighted by Gasteiger charge is -2.14. The summed E-state index contributed by atoms with van der Waals surface area (Å²) in [6.07, 6.45) is 2.23. The average Bonchev–Trinajstić information content (AvgIpc) is 3.42. The van der Waals surface area contributed by atoms with E-state index < -0.39 is 10.0 Å². The number of halogens is 1. The van der Waals surface area contributed by atoms with Crippen molar-refractivity contribution >= 4 is 21.8 Å². The van der Waals surface area contributed by atoms with Crippen LogP contribution in [0.3, 0.4) is 0 Å². The Balaban J connectivity index is 1.76. The molecule has 7 nitrogen and oxygen atoms in total. The molecule has 0 saturated carbocycles. The summed E-state index contributed by atoms with van der Waals surface area (Å²) < 4.78 is 47.4. The molecule has 1 aliphatic rings. The van der Waals surface area contributed by atoms with Crippen molar-refractivity contribution in [3.05, 3.63) is 54.3 Å². The van der Waals surface area contributed by atoms with E-state index in [4.69, 9.17) is 4.74 Å². The molecule has 0 unspecified atom stereocenters. The molecule has 1 fully saturated rings. The highest BCUT2D eigenvalue weighted by Gasteiger charge is 2.22. The van der Waals surface area contributed by atoms with Crippen molar-refractivity contribution in [2.45, 2.75) is 29.0 Å². The summed E-state index contributed by atoms with van der Waals surface area (Å²) in [5.41, 5.74) is 1.29. The third-order valence-corrected chi connectivity index (χ3v) is 7.88. The molecule has 0 amide bonds. The fourth-order valence-corrected chi connectivity index (χ4v) is 5.29. The van der Waals surface area contributed by atoms with Crippen LogP contribution in [0.1, 0.15) is 12.8 Å². The van der Waals surface area contributed by atoms with Gasteiger partial charge in [-0.2, -0.15) is 0 Å². The van der Waals surface area contributed by atoms with Crippen LogP contribution in [0.25, 0.3) is 17.1 Å². The molecule has 1 atom stereocenters. The van der Waals surface area contributed by atoms with Crippen molar-refractivity contribution in [3.63, 3.8) is 0 Å². The first-order chi connectivity index (χ1) is 14.9. The van der Waals surface area contributed by atoms with E-state index >= 15 is 0 Å². The number of hydrogen-bond acceptors (Lipinski definition) is 6. The molecule has 0 aliphatic carbocycles. The molecule has 0 spiro atoms. The number of rotatable bonds is 7. The van der Waals surface area contributed by atoms with Gasteiger partial charge >= 0.3 is 0 Å². The zero-order valence-electron chi connectivity index (χ0n) is 17.2. The molecule has 1 aliphatic heterocycles. The van der Waals surface area contributed by atoms with Gasteiger partial charge in [0.25, 0.3) is 0 Å². The van der Waals surface area contributed by atoms with E-state index in [1.807, 2.05) is 4.57 Å². The quantitative estimate of drug-likeness (QED) is 0.500. The zero-order valence-corrected chi connectivity index (χ0v) is 18.9. The first kappa shape index (κ1) is 21.9. The second kappa shape index (κ2) is 9.07. The number of thioether (sulfide) groups is 1. The van der Waals surface area contributed by atoms with E-state index in [1.54, 1.807) is 36.4 Å². The standard InChI is InChI=1S/C21H23FN4O3S2/c1-25(2)31(27,28)19-7-3-5-15(13-19)20-23-24-21(30-14-18-6-4-12-29-18)26(20)17-10-8-16(22)9-11-17/h3,5,7-11,13,18H,4,6,12,14H2,1-2H3/t18-/m1/s1. The van der Waals surface area contributed by atoms with Gasteiger partial charge in [-0.3, -0.25) is 4.57 Å². The molecule has 0 bridgehead atoms. The van der Waals surface area contributed by atoms with E-state index in [9.17, 15) is 12.8 Å². The van der Waals surface area contributed by atoms with Crippen molar-refractivity contribution in [1.82, 2.24) is 19.1 Å². The topological polar surface area (TPSA) is 77.3 Å². The minimum atomic E-state index is -3.60. The fourth-order valence-electron chi connectivity index (χ4n) is 3.32. The lowest BCUT2D eigenvalue weighted by atomic mass is 10.2. The molecule has 31 heavy (non-hydrogen) atoms. The maximum Gasteiger partial charge on any atom is 0.242 e. The second-order valence-corrected chi connectivity index (χ2v) is 10.5. The number of aromatic nitrogens is 3. The average molecular weight is 463 g/mol. The Hall–Kier alpha value is -2.27. The van der Waals surface area contributed by atoms with Crippen molar-refractivity contribution in [1.29, 1.82) is 0 Å².